The summed E-state index contributed by atoms with van der Waals surface area (Å²) in [6.45, 7) is 0.646. The van der Waals surface area contributed by atoms with Gasteiger partial charge in [-0.1, -0.05) is 29.4 Å². The van der Waals surface area contributed by atoms with Crippen LogP contribution in [0, 0.1) is 0 Å². The molecule has 0 spiro atoms. The van der Waals surface area contributed by atoms with E-state index in [2.05, 4.69) is 39.4 Å². The third-order valence-corrected chi connectivity index (χ3v) is 5.37. The molecule has 0 bridgehead atoms. The average Bonchev–Trinajstić information content (AvgIpc) is 3.40. The normalized spacial score (nSPS) is 22.0. The van der Waals surface area contributed by atoms with Crippen molar-refractivity contribution in [1.29, 1.82) is 0 Å². The van der Waals surface area contributed by atoms with Crippen molar-refractivity contribution in [3.05, 3.63) is 65.7 Å². The highest BCUT2D eigenvalue weighted by Gasteiger charge is 2.39. The Morgan fingerprint density at radius 1 is 1.12 bits per heavy atom. The first-order valence-electron chi connectivity index (χ1n) is 8.91. The second kappa shape index (κ2) is 6.05. The molecule has 1 aliphatic heterocycles. The standard InChI is InChI=1S/C20H18N4O2/c25-18-11-15(19-22-20(26-23-19)14-7-9-21-10-8-14)12-24(18)17-6-5-13-3-1-2-4-16(13)17/h1-4,7-10,15,17H,5-6,11-12H2/t15-,17+/m0/s1. The number of pyridine rings is 1. The first-order chi connectivity index (χ1) is 12.8. The summed E-state index contributed by atoms with van der Waals surface area (Å²) in [6.07, 6.45) is 5.85. The van der Waals surface area contributed by atoms with E-state index in [4.69, 9.17) is 4.52 Å². The van der Waals surface area contributed by atoms with E-state index in [0.717, 1.165) is 18.4 Å². The van der Waals surface area contributed by atoms with Gasteiger partial charge < -0.3 is 9.42 Å². The molecule has 0 N–H and O–H groups in total. The summed E-state index contributed by atoms with van der Waals surface area (Å²) < 4.78 is 5.40. The van der Waals surface area contributed by atoms with Crippen LogP contribution in [-0.2, 0) is 11.2 Å². The third kappa shape index (κ3) is 2.49. The number of fused-ring (bicyclic) bond motifs is 1. The molecule has 1 aromatic carbocycles. The quantitative estimate of drug-likeness (QED) is 0.728. The Hall–Kier alpha value is -3.02. The molecule has 1 saturated heterocycles. The minimum absolute atomic E-state index is 0.0189. The van der Waals surface area contributed by atoms with Gasteiger partial charge in [0.2, 0.25) is 5.91 Å². The molecule has 1 amide bonds. The van der Waals surface area contributed by atoms with Gasteiger partial charge in [-0.2, -0.15) is 4.98 Å². The highest BCUT2D eigenvalue weighted by atomic mass is 16.5. The average molecular weight is 346 g/mol. The van der Waals surface area contributed by atoms with E-state index in [-0.39, 0.29) is 17.9 Å². The lowest BCUT2D eigenvalue weighted by Crippen LogP contribution is -2.28. The fourth-order valence-electron chi connectivity index (χ4n) is 4.08. The van der Waals surface area contributed by atoms with Crippen LogP contribution in [0.4, 0.5) is 0 Å². The minimum Gasteiger partial charge on any atom is -0.335 e. The van der Waals surface area contributed by atoms with Crippen molar-refractivity contribution in [3.8, 4) is 11.5 Å². The summed E-state index contributed by atoms with van der Waals surface area (Å²) in [4.78, 5) is 23.2. The SMILES string of the molecule is O=C1C[C@H](c2noc(-c3ccncc3)n2)CN1[C@@H]1CCc2ccccc21. The van der Waals surface area contributed by atoms with Crippen LogP contribution in [0.5, 0.6) is 0 Å². The van der Waals surface area contributed by atoms with E-state index in [0.29, 0.717) is 24.7 Å². The number of nitrogens with zero attached hydrogens (tertiary/aromatic N) is 4. The number of aromatic nitrogens is 3. The molecule has 3 aromatic rings. The number of hydrogen-bond donors (Lipinski definition) is 0. The predicted molar refractivity (Wildman–Crippen MR) is 94.1 cm³/mol. The second-order valence-electron chi connectivity index (χ2n) is 6.89. The van der Waals surface area contributed by atoms with Crippen LogP contribution in [0.1, 0.15) is 41.8 Å². The molecule has 6 heteroatoms. The van der Waals surface area contributed by atoms with Crippen LogP contribution in [0.15, 0.2) is 53.3 Å². The highest BCUT2D eigenvalue weighted by molar-refractivity contribution is 5.80. The van der Waals surface area contributed by atoms with Gasteiger partial charge in [-0.05, 0) is 36.1 Å². The number of rotatable bonds is 3. The molecule has 0 radical (unpaired) electrons. The Labute approximate surface area is 150 Å². The van der Waals surface area contributed by atoms with Gasteiger partial charge in [0, 0.05) is 36.8 Å². The zero-order valence-electron chi connectivity index (χ0n) is 14.2. The number of benzene rings is 1. The van der Waals surface area contributed by atoms with Crippen LogP contribution in [-0.4, -0.2) is 32.5 Å². The molecule has 6 nitrogen and oxygen atoms in total. The monoisotopic (exact) mass is 346 g/mol. The smallest absolute Gasteiger partial charge is 0.258 e. The van der Waals surface area contributed by atoms with Crippen molar-refractivity contribution in [1.82, 2.24) is 20.0 Å². The lowest BCUT2D eigenvalue weighted by molar-refractivity contribution is -0.129. The Morgan fingerprint density at radius 2 is 1.96 bits per heavy atom. The Morgan fingerprint density at radius 3 is 2.85 bits per heavy atom. The zero-order valence-corrected chi connectivity index (χ0v) is 14.2. The topological polar surface area (TPSA) is 72.1 Å². The molecule has 1 aliphatic carbocycles. The Balaban J connectivity index is 1.37. The number of carbonyl (C=O) groups excluding carboxylic acids is 1. The van der Waals surface area contributed by atoms with Crippen LogP contribution < -0.4 is 0 Å². The van der Waals surface area contributed by atoms with Crippen molar-refractivity contribution in [2.75, 3.05) is 6.54 Å². The van der Waals surface area contributed by atoms with E-state index in [1.165, 1.54) is 11.1 Å². The molecule has 0 saturated carbocycles. The lowest BCUT2D eigenvalue weighted by atomic mass is 10.1. The summed E-state index contributed by atoms with van der Waals surface area (Å²) in [5.41, 5.74) is 3.48. The van der Waals surface area contributed by atoms with Gasteiger partial charge in [0.15, 0.2) is 5.82 Å². The van der Waals surface area contributed by atoms with Crippen molar-refractivity contribution >= 4 is 5.91 Å². The molecule has 3 heterocycles. The number of likely N-dealkylation sites (tertiary alicyclic amines) is 1. The lowest BCUT2D eigenvalue weighted by Gasteiger charge is -2.25. The fraction of sp³-hybridized carbons (Fsp3) is 0.300. The number of hydrogen-bond acceptors (Lipinski definition) is 5. The van der Waals surface area contributed by atoms with Crippen molar-refractivity contribution in [3.63, 3.8) is 0 Å². The van der Waals surface area contributed by atoms with Gasteiger partial charge in [0.25, 0.3) is 5.89 Å². The first kappa shape index (κ1) is 15.3. The van der Waals surface area contributed by atoms with Gasteiger partial charge in [-0.25, -0.2) is 0 Å². The van der Waals surface area contributed by atoms with E-state index >= 15 is 0 Å². The summed E-state index contributed by atoms with van der Waals surface area (Å²) in [5.74, 6) is 1.24. The van der Waals surface area contributed by atoms with Crippen LogP contribution in [0.3, 0.4) is 0 Å². The van der Waals surface area contributed by atoms with Gasteiger partial charge >= 0.3 is 0 Å². The summed E-state index contributed by atoms with van der Waals surface area (Å²) in [5, 5.41) is 4.13. The largest absolute Gasteiger partial charge is 0.335 e. The summed E-state index contributed by atoms with van der Waals surface area (Å²) >= 11 is 0. The van der Waals surface area contributed by atoms with Crippen molar-refractivity contribution in [2.45, 2.75) is 31.2 Å². The molecule has 5 rings (SSSR count). The molecular formula is C20H18N4O2. The van der Waals surface area contributed by atoms with Crippen LogP contribution in [0.2, 0.25) is 0 Å². The van der Waals surface area contributed by atoms with E-state index in [1.54, 1.807) is 12.4 Å². The molecule has 2 aromatic heterocycles. The van der Waals surface area contributed by atoms with E-state index in [1.807, 2.05) is 17.0 Å². The molecule has 2 atom stereocenters. The first-order valence-corrected chi connectivity index (χ1v) is 8.91. The molecule has 1 fully saturated rings. The fourth-order valence-corrected chi connectivity index (χ4v) is 4.08. The van der Waals surface area contributed by atoms with E-state index < -0.39 is 0 Å². The summed E-state index contributed by atoms with van der Waals surface area (Å²) in [7, 11) is 0. The van der Waals surface area contributed by atoms with E-state index in [9.17, 15) is 4.79 Å². The highest BCUT2D eigenvalue weighted by Crippen LogP contribution is 2.40. The minimum atomic E-state index is -0.0189. The maximum absolute atomic E-state index is 12.7. The van der Waals surface area contributed by atoms with Crippen LogP contribution in [0.25, 0.3) is 11.5 Å². The molecular weight excluding hydrogens is 328 g/mol. The zero-order chi connectivity index (χ0) is 17.5. The predicted octanol–water partition coefficient (Wildman–Crippen LogP) is 3.14. The van der Waals surface area contributed by atoms with Crippen molar-refractivity contribution in [2.24, 2.45) is 0 Å². The maximum atomic E-state index is 12.7. The number of aryl methyl sites for hydroxylation is 1. The maximum Gasteiger partial charge on any atom is 0.258 e. The third-order valence-electron chi connectivity index (χ3n) is 5.37. The van der Waals surface area contributed by atoms with Gasteiger partial charge in [-0.15, -0.1) is 0 Å². The van der Waals surface area contributed by atoms with Gasteiger partial charge in [-0.3, -0.25) is 9.78 Å². The number of carbonyl (C=O) groups is 1. The Bertz CT molecular complexity index is 953. The number of amides is 1. The summed E-state index contributed by atoms with van der Waals surface area (Å²) in [6, 6.07) is 12.3. The molecule has 2 aliphatic rings. The molecule has 130 valence electrons. The van der Waals surface area contributed by atoms with Crippen LogP contribution >= 0.6 is 0 Å². The Kier molecular flexibility index (Phi) is 3.55. The second-order valence-corrected chi connectivity index (χ2v) is 6.89. The van der Waals surface area contributed by atoms with Crippen molar-refractivity contribution < 1.29 is 9.32 Å². The molecule has 0 unspecified atom stereocenters. The molecule has 26 heavy (non-hydrogen) atoms. The van der Waals surface area contributed by atoms with Gasteiger partial charge in [0.1, 0.15) is 0 Å². The van der Waals surface area contributed by atoms with Gasteiger partial charge in [0.05, 0.1) is 6.04 Å².